The normalized spacial score (nSPS) is 14.6. The van der Waals surface area contributed by atoms with Crippen molar-refractivity contribution in [3.8, 4) is 0 Å². The predicted octanol–water partition coefficient (Wildman–Crippen LogP) is 1.87. The van der Waals surface area contributed by atoms with E-state index in [2.05, 4.69) is 11.9 Å². The minimum atomic E-state index is -1.07. The topological polar surface area (TPSA) is 86.7 Å². The summed E-state index contributed by atoms with van der Waals surface area (Å²) in [5.74, 6) is -1.86. The molecule has 0 radical (unpaired) electrons. The zero-order valence-corrected chi connectivity index (χ0v) is 13.0. The predicted molar refractivity (Wildman–Crippen MR) is 85.6 cm³/mol. The molecule has 1 aromatic carbocycles. The molecule has 2 amide bonds. The number of hydrogen-bond acceptors (Lipinski definition) is 3. The van der Waals surface area contributed by atoms with Gasteiger partial charge >= 0.3 is 5.97 Å². The monoisotopic (exact) mass is 316 g/mol. The summed E-state index contributed by atoms with van der Waals surface area (Å²) in [5.41, 5.74) is 1.67. The van der Waals surface area contributed by atoms with Crippen LogP contribution in [-0.4, -0.2) is 40.4 Å². The van der Waals surface area contributed by atoms with Gasteiger partial charge in [-0.2, -0.15) is 0 Å². The van der Waals surface area contributed by atoms with Gasteiger partial charge in [0.15, 0.2) is 0 Å². The molecule has 6 heteroatoms. The van der Waals surface area contributed by atoms with Crippen molar-refractivity contribution in [3.05, 3.63) is 42.0 Å². The fourth-order valence-electron chi connectivity index (χ4n) is 2.55. The van der Waals surface area contributed by atoms with E-state index < -0.39 is 17.9 Å². The molecule has 1 unspecified atom stereocenters. The highest BCUT2D eigenvalue weighted by molar-refractivity contribution is 6.10. The second-order valence-corrected chi connectivity index (χ2v) is 5.48. The van der Waals surface area contributed by atoms with E-state index in [-0.39, 0.29) is 12.5 Å². The zero-order chi connectivity index (χ0) is 17.0. The molecule has 2 N–H and O–H groups in total. The van der Waals surface area contributed by atoms with Crippen molar-refractivity contribution < 1.29 is 19.5 Å². The highest BCUT2D eigenvalue weighted by Gasteiger charge is 2.32. The first-order valence-corrected chi connectivity index (χ1v) is 7.58. The summed E-state index contributed by atoms with van der Waals surface area (Å²) in [6, 6.07) is 6.07. The Kier molecular flexibility index (Phi) is 5.16. The molecule has 1 aromatic rings. The Morgan fingerprint density at radius 2 is 1.96 bits per heavy atom. The Morgan fingerprint density at radius 1 is 1.30 bits per heavy atom. The van der Waals surface area contributed by atoms with Crippen molar-refractivity contribution in [1.82, 2.24) is 10.2 Å². The van der Waals surface area contributed by atoms with E-state index in [0.29, 0.717) is 29.7 Å². The molecule has 0 aromatic heterocycles. The number of benzene rings is 1. The lowest BCUT2D eigenvalue weighted by atomic mass is 10.1. The van der Waals surface area contributed by atoms with Crippen LogP contribution in [0.2, 0.25) is 0 Å². The van der Waals surface area contributed by atoms with Crippen molar-refractivity contribution in [1.29, 1.82) is 0 Å². The first-order valence-electron chi connectivity index (χ1n) is 7.58. The molecule has 6 nitrogen and oxygen atoms in total. The van der Waals surface area contributed by atoms with Crippen molar-refractivity contribution in [2.75, 3.05) is 6.54 Å². The molecule has 1 aliphatic heterocycles. The van der Waals surface area contributed by atoms with E-state index in [1.807, 2.05) is 6.92 Å². The zero-order valence-electron chi connectivity index (χ0n) is 13.0. The number of carboxylic acid groups (broad SMARTS) is 1. The Hall–Kier alpha value is -2.63. The number of nitrogens with zero attached hydrogens (tertiary/aromatic N) is 1. The number of fused-ring (bicyclic) bond motifs is 1. The van der Waals surface area contributed by atoms with E-state index in [4.69, 9.17) is 5.11 Å². The Balaban J connectivity index is 2.02. The fourth-order valence-corrected chi connectivity index (χ4v) is 2.55. The molecule has 1 aliphatic rings. The minimum Gasteiger partial charge on any atom is -0.480 e. The molecule has 2 rings (SSSR count). The molecule has 0 spiro atoms. The number of nitrogens with one attached hydrogen (secondary N) is 1. The van der Waals surface area contributed by atoms with Crippen molar-refractivity contribution in [2.24, 2.45) is 0 Å². The van der Waals surface area contributed by atoms with Gasteiger partial charge in [-0.1, -0.05) is 44.5 Å². The standard InChI is InChI=1S/C17H20N2O4/c1-3-4-9-14(17(22)23)18-15(20)10-19-11(2)12-7-5-6-8-13(12)16(19)21/h5-8,14H,2-4,9-10H2,1H3,(H,18,20)(H,22,23). The van der Waals surface area contributed by atoms with Crippen LogP contribution in [0.1, 0.15) is 42.1 Å². The van der Waals surface area contributed by atoms with Gasteiger partial charge in [-0.3, -0.25) is 14.5 Å². The van der Waals surface area contributed by atoms with Crippen LogP contribution < -0.4 is 5.32 Å². The number of carbonyl (C=O) groups is 3. The van der Waals surface area contributed by atoms with E-state index >= 15 is 0 Å². The summed E-state index contributed by atoms with van der Waals surface area (Å²) >= 11 is 0. The molecule has 0 aliphatic carbocycles. The van der Waals surface area contributed by atoms with E-state index in [0.717, 1.165) is 6.42 Å². The van der Waals surface area contributed by atoms with Crippen LogP contribution >= 0.6 is 0 Å². The van der Waals surface area contributed by atoms with Gasteiger partial charge in [-0.25, -0.2) is 4.79 Å². The van der Waals surface area contributed by atoms with Crippen LogP contribution in [0.3, 0.4) is 0 Å². The number of carbonyl (C=O) groups excluding carboxylic acids is 2. The highest BCUT2D eigenvalue weighted by Crippen LogP contribution is 2.30. The van der Waals surface area contributed by atoms with Crippen LogP contribution in [0.4, 0.5) is 0 Å². The van der Waals surface area contributed by atoms with Gasteiger partial charge in [0.05, 0.1) is 0 Å². The molecule has 23 heavy (non-hydrogen) atoms. The average Bonchev–Trinajstić information content (AvgIpc) is 2.76. The number of hydrogen-bond donors (Lipinski definition) is 2. The molecule has 122 valence electrons. The van der Waals surface area contributed by atoms with Gasteiger partial charge in [-0.05, 0) is 12.5 Å². The maximum absolute atomic E-state index is 12.3. The van der Waals surface area contributed by atoms with Crippen LogP contribution in [0, 0.1) is 0 Å². The van der Waals surface area contributed by atoms with E-state index in [9.17, 15) is 14.4 Å². The second kappa shape index (κ2) is 7.09. The molecule has 0 fully saturated rings. The molecular formula is C17H20N2O4. The summed E-state index contributed by atoms with van der Waals surface area (Å²) in [6.45, 7) is 5.57. The third-order valence-corrected chi connectivity index (χ3v) is 3.82. The lowest BCUT2D eigenvalue weighted by Crippen LogP contribution is -2.45. The number of unbranched alkanes of at least 4 members (excludes halogenated alkanes) is 1. The van der Waals surface area contributed by atoms with Gasteiger partial charge in [0, 0.05) is 16.8 Å². The van der Waals surface area contributed by atoms with Crippen molar-refractivity contribution >= 4 is 23.5 Å². The third kappa shape index (κ3) is 3.59. The summed E-state index contributed by atoms with van der Waals surface area (Å²) < 4.78 is 0. The average molecular weight is 316 g/mol. The highest BCUT2D eigenvalue weighted by atomic mass is 16.4. The van der Waals surface area contributed by atoms with Crippen molar-refractivity contribution in [3.63, 3.8) is 0 Å². The smallest absolute Gasteiger partial charge is 0.326 e. The Bertz CT molecular complexity index is 619. The van der Waals surface area contributed by atoms with E-state index in [1.165, 1.54) is 4.90 Å². The molecule has 1 heterocycles. The minimum absolute atomic E-state index is 0.234. The quantitative estimate of drug-likeness (QED) is 0.804. The van der Waals surface area contributed by atoms with Crippen molar-refractivity contribution in [2.45, 2.75) is 32.2 Å². The number of carboxylic acids is 1. The maximum atomic E-state index is 12.3. The molecule has 1 atom stereocenters. The molecule has 0 saturated heterocycles. The summed E-state index contributed by atoms with van der Waals surface area (Å²) in [4.78, 5) is 36.9. The maximum Gasteiger partial charge on any atom is 0.326 e. The van der Waals surface area contributed by atoms with Crippen LogP contribution in [0.25, 0.3) is 5.70 Å². The summed E-state index contributed by atoms with van der Waals surface area (Å²) in [5, 5.41) is 11.6. The number of rotatable bonds is 7. The van der Waals surface area contributed by atoms with Gasteiger partial charge in [0.25, 0.3) is 5.91 Å². The number of aliphatic carboxylic acids is 1. The summed E-state index contributed by atoms with van der Waals surface area (Å²) in [7, 11) is 0. The second-order valence-electron chi connectivity index (χ2n) is 5.48. The first kappa shape index (κ1) is 16.7. The van der Waals surface area contributed by atoms with Gasteiger partial charge in [0.1, 0.15) is 12.6 Å². The SMILES string of the molecule is C=C1c2ccccc2C(=O)N1CC(=O)NC(CCCC)C(=O)O. The lowest BCUT2D eigenvalue weighted by molar-refractivity contribution is -0.142. The fraction of sp³-hybridized carbons (Fsp3) is 0.353. The van der Waals surface area contributed by atoms with Gasteiger partial charge in [0.2, 0.25) is 5.91 Å². The van der Waals surface area contributed by atoms with E-state index in [1.54, 1.807) is 24.3 Å². The molecule has 0 saturated carbocycles. The van der Waals surface area contributed by atoms with Crippen LogP contribution in [0.15, 0.2) is 30.8 Å². The largest absolute Gasteiger partial charge is 0.480 e. The van der Waals surface area contributed by atoms with Crippen LogP contribution in [-0.2, 0) is 9.59 Å². The van der Waals surface area contributed by atoms with Gasteiger partial charge in [-0.15, -0.1) is 0 Å². The van der Waals surface area contributed by atoms with Crippen LogP contribution in [0.5, 0.6) is 0 Å². The molecular weight excluding hydrogens is 296 g/mol. The Morgan fingerprint density at radius 3 is 2.52 bits per heavy atom. The Labute approximate surface area is 134 Å². The third-order valence-electron chi connectivity index (χ3n) is 3.82. The lowest BCUT2D eigenvalue weighted by Gasteiger charge is -2.19. The summed E-state index contributed by atoms with van der Waals surface area (Å²) in [6.07, 6.45) is 1.92. The first-order chi connectivity index (χ1) is 11.0. The number of amides is 2. The van der Waals surface area contributed by atoms with Gasteiger partial charge < -0.3 is 10.4 Å². The molecule has 0 bridgehead atoms.